The Bertz CT molecular complexity index is 1570. The van der Waals surface area contributed by atoms with Crippen LogP contribution in [0.15, 0.2) is 23.8 Å². The second-order valence-corrected chi connectivity index (χ2v) is 24.5. The van der Waals surface area contributed by atoms with Gasteiger partial charge in [0, 0.05) is 38.6 Å². The van der Waals surface area contributed by atoms with Crippen LogP contribution in [-0.4, -0.2) is 192 Å². The summed E-state index contributed by atoms with van der Waals surface area (Å²) < 4.78 is 63.8. The Morgan fingerprint density at radius 3 is 2.12 bits per heavy atom. The van der Waals surface area contributed by atoms with E-state index < -0.39 is 118 Å². The number of ketones is 1. The highest BCUT2D eigenvalue weighted by Gasteiger charge is 2.50. The number of ether oxygens (including phenoxy) is 9. The fraction of sp³-hybridized carbons (Fsp3) is 0.878. The lowest BCUT2D eigenvalue weighted by molar-refractivity contribution is -0.305. The fourth-order valence-corrected chi connectivity index (χ4v) is 13.1. The number of fused-ring (bicyclic) bond motifs is 3. The maximum absolute atomic E-state index is 14.4. The summed E-state index contributed by atoms with van der Waals surface area (Å²) in [5.74, 6) is -2.77. The minimum atomic E-state index is -2.06. The predicted molar refractivity (Wildman–Crippen MR) is 252 cm³/mol. The zero-order chi connectivity index (χ0) is 49.8. The number of allylic oxidation sites excluding steroid dienone is 3. The van der Waals surface area contributed by atoms with E-state index in [1.807, 2.05) is 40.7 Å². The summed E-state index contributed by atoms with van der Waals surface area (Å²) in [6, 6.07) is 2.16. The molecule has 3 unspecified atom stereocenters. The molecule has 4 aliphatic heterocycles. The van der Waals surface area contributed by atoms with Gasteiger partial charge in [-0.05, 0) is 84.3 Å². The summed E-state index contributed by atoms with van der Waals surface area (Å²) in [6.45, 7) is 16.6. The number of hydrogen-bond donors (Lipinski definition) is 4. The lowest BCUT2D eigenvalue weighted by Crippen LogP contribution is -2.63. The summed E-state index contributed by atoms with van der Waals surface area (Å²) in [5, 5.41) is 44.3. The van der Waals surface area contributed by atoms with Crippen LogP contribution in [-0.2, 0) is 56.6 Å². The van der Waals surface area contributed by atoms with Gasteiger partial charge in [-0.3, -0.25) is 9.59 Å². The first-order chi connectivity index (χ1) is 31.7. The van der Waals surface area contributed by atoms with E-state index >= 15 is 0 Å². The van der Waals surface area contributed by atoms with Crippen molar-refractivity contribution in [3.8, 4) is 0 Å². The zero-order valence-electron chi connectivity index (χ0n) is 42.7. The van der Waals surface area contributed by atoms with Gasteiger partial charge in [-0.1, -0.05) is 59.3 Å². The largest absolute Gasteiger partial charge is 0.462 e. The summed E-state index contributed by atoms with van der Waals surface area (Å²) >= 11 is 0. The second-order valence-electron chi connectivity index (χ2n) is 19.8. The van der Waals surface area contributed by atoms with Crippen molar-refractivity contribution >= 4 is 20.1 Å². The average Bonchev–Trinajstić information content (AvgIpc) is 3.32. The molecule has 0 amide bonds. The summed E-state index contributed by atoms with van der Waals surface area (Å²) in [6.07, 6.45) is -3.30. The summed E-state index contributed by atoms with van der Waals surface area (Å²) in [7, 11) is 4.68. The van der Waals surface area contributed by atoms with Gasteiger partial charge in [0.05, 0.1) is 75.5 Å². The third-order valence-corrected chi connectivity index (χ3v) is 19.5. The molecule has 0 saturated carbocycles. The van der Waals surface area contributed by atoms with Gasteiger partial charge in [-0.25, -0.2) is 0 Å². The molecule has 0 aromatic rings. The topological polar surface area (TPSA) is 211 Å². The number of aliphatic hydroxyl groups excluding tert-OH is 3. The van der Waals surface area contributed by atoms with Crippen molar-refractivity contribution in [1.29, 1.82) is 0 Å². The van der Waals surface area contributed by atoms with Crippen molar-refractivity contribution in [1.82, 2.24) is 4.90 Å². The van der Waals surface area contributed by atoms with E-state index in [9.17, 15) is 30.0 Å². The van der Waals surface area contributed by atoms with Gasteiger partial charge < -0.3 is 72.4 Å². The molecule has 2 bridgehead atoms. The quantitative estimate of drug-likeness (QED) is 0.134. The smallest absolute Gasteiger partial charge is 0.308 e. The number of aliphatic hydroxyl groups is 4. The molecule has 0 aromatic heterocycles. The molecule has 3 saturated heterocycles. The average molecular weight is 974 g/mol. The monoisotopic (exact) mass is 974 g/mol. The van der Waals surface area contributed by atoms with E-state index in [2.05, 4.69) is 20.8 Å². The Labute approximate surface area is 401 Å². The van der Waals surface area contributed by atoms with Gasteiger partial charge in [-0.2, -0.15) is 0 Å². The van der Waals surface area contributed by atoms with Crippen LogP contribution in [0.25, 0.3) is 0 Å². The number of carbonyl (C=O) groups is 2. The van der Waals surface area contributed by atoms with Gasteiger partial charge in [0.15, 0.2) is 26.7 Å². The van der Waals surface area contributed by atoms with E-state index in [-0.39, 0.29) is 50.8 Å². The number of likely N-dealkylation sites (N-methyl/N-ethyl adjacent to an activating group) is 1. The predicted octanol–water partition coefficient (Wildman–Crippen LogP) is 4.17. The first-order valence-corrected chi connectivity index (χ1v) is 27.2. The van der Waals surface area contributed by atoms with Gasteiger partial charge in [0.2, 0.25) is 0 Å². The Morgan fingerprint density at radius 2 is 1.52 bits per heavy atom. The van der Waals surface area contributed by atoms with Crippen LogP contribution < -0.4 is 0 Å². The van der Waals surface area contributed by atoms with Crippen LogP contribution in [0.2, 0.25) is 18.1 Å². The molecule has 0 radical (unpaired) electrons. The van der Waals surface area contributed by atoms with Crippen LogP contribution in [0.3, 0.4) is 0 Å². The third kappa shape index (κ3) is 14.9. The van der Waals surface area contributed by atoms with Crippen LogP contribution in [0, 0.1) is 23.7 Å². The number of esters is 1. The van der Waals surface area contributed by atoms with Gasteiger partial charge in [0.25, 0.3) is 0 Å². The van der Waals surface area contributed by atoms with Crippen LogP contribution in [0.4, 0.5) is 0 Å². The molecular weight excluding hydrogens is 887 g/mol. The van der Waals surface area contributed by atoms with Crippen LogP contribution >= 0.6 is 0 Å². The lowest BCUT2D eigenvalue weighted by Gasteiger charge is -2.47. The van der Waals surface area contributed by atoms with E-state index in [1.54, 1.807) is 52.3 Å². The molecule has 17 nitrogen and oxygen atoms in total. The number of cyclic esters (lactones) is 1. The number of methoxy groups -OCH3 is 2. The molecule has 0 aliphatic carbocycles. The summed E-state index contributed by atoms with van der Waals surface area (Å²) in [5.41, 5.74) is -1.03. The Hall–Kier alpha value is -1.72. The number of rotatable bonds is 15. The maximum Gasteiger partial charge on any atom is 0.308 e. The molecule has 3 fully saturated rings. The van der Waals surface area contributed by atoms with Crippen LogP contribution in [0.5, 0.6) is 0 Å². The maximum atomic E-state index is 14.4. The molecule has 18 heteroatoms. The van der Waals surface area contributed by atoms with Crippen molar-refractivity contribution in [3.63, 3.8) is 0 Å². The first kappa shape index (κ1) is 57.9. The van der Waals surface area contributed by atoms with E-state index in [1.165, 1.54) is 0 Å². The van der Waals surface area contributed by atoms with Gasteiger partial charge in [0.1, 0.15) is 30.0 Å². The molecule has 4 N–H and O–H groups in total. The molecular formula is C49H87NO16Si. The summed E-state index contributed by atoms with van der Waals surface area (Å²) in [4.78, 5) is 30.1. The molecule has 4 aliphatic rings. The van der Waals surface area contributed by atoms with E-state index in [0.29, 0.717) is 19.3 Å². The highest BCUT2D eigenvalue weighted by Crippen LogP contribution is 2.37. The van der Waals surface area contributed by atoms with Gasteiger partial charge in [-0.15, -0.1) is 0 Å². The zero-order valence-corrected chi connectivity index (χ0v) is 43.7. The van der Waals surface area contributed by atoms with E-state index in [0.717, 1.165) is 23.7 Å². The molecule has 67 heavy (non-hydrogen) atoms. The van der Waals surface area contributed by atoms with Crippen LogP contribution in [0.1, 0.15) is 88.0 Å². The van der Waals surface area contributed by atoms with Crippen molar-refractivity contribution in [2.24, 2.45) is 23.7 Å². The van der Waals surface area contributed by atoms with Crippen molar-refractivity contribution < 1.29 is 77.1 Å². The normalized spacial score (nSPS) is 41.6. The first-order valence-electron chi connectivity index (χ1n) is 24.7. The molecule has 18 atom stereocenters. The highest BCUT2D eigenvalue weighted by molar-refractivity contribution is 6.73. The number of carbonyl (C=O) groups excluding carboxylic acids is 2. The minimum absolute atomic E-state index is 0.0559. The van der Waals surface area contributed by atoms with Crippen molar-refractivity contribution in [2.45, 2.75) is 191 Å². The van der Waals surface area contributed by atoms with E-state index in [4.69, 9.17) is 47.1 Å². The Kier molecular flexibility index (Phi) is 23.0. The number of hydrogen-bond acceptors (Lipinski definition) is 17. The third-order valence-electron chi connectivity index (χ3n) is 14.8. The molecule has 388 valence electrons. The standard InChI is InChI=1S/C49H87NO16Si/c1-14-37-35(25-60-48-46(58-13)45(57-12)44(33(9)63-48)66-67(15-2,16-3)17-4)22-29(5)18-19-36(52)30(6)23-34-20-21-59-27-49(56,26-51)28-61-38(24-39(53)64-37)31(7)43(34)65-47-42(55)40(50(10)11)41(54)32(8)62-47/h18-19,22,30-35,37-38,40-48,51,54-56H,14-17,20-21,23-28H2,1-13H3/b19-18+,29-22+/t30-,31+,32-,33-,34+,35-,37-,38-,40+,41-,42-,43-,44-,45-,46-,47?,48?,49?/m1/s1. The molecule has 4 heterocycles. The molecule has 4 rings (SSSR count). The Morgan fingerprint density at radius 1 is 0.866 bits per heavy atom. The SMILES string of the molecule is CC[C@H]1OC(=O)C[C@H]2OCC(O)(CO)COCC[C@@H](C[C@@H](C)C(=O)/C=C/C(C)=C/[C@@H]1COC1O[C@H](C)[C@@H](O[Si](CC)(CC)CC)[C@@H](OC)[C@H]1OC)[C@H](OC1O[C@H](C)[C@@H](O)[C@H](N(C)C)[C@H]1O)[C@H]2C. The Balaban J connectivity index is 1.72. The minimum Gasteiger partial charge on any atom is -0.462 e. The van der Waals surface area contributed by atoms with Crippen molar-refractivity contribution in [2.75, 3.05) is 61.3 Å². The van der Waals surface area contributed by atoms with Crippen molar-refractivity contribution in [3.05, 3.63) is 23.8 Å². The second kappa shape index (κ2) is 26.6. The fourth-order valence-electron chi connectivity index (χ4n) is 10.2. The number of nitrogens with zero attached hydrogens (tertiary/aromatic N) is 1. The molecule has 0 spiro atoms. The van der Waals surface area contributed by atoms with Gasteiger partial charge >= 0.3 is 5.97 Å². The molecule has 0 aromatic carbocycles. The lowest BCUT2D eigenvalue weighted by atomic mass is 9.79. The highest BCUT2D eigenvalue weighted by atomic mass is 28.4.